The van der Waals surface area contributed by atoms with Crippen LogP contribution in [-0.2, 0) is 4.74 Å². The van der Waals surface area contributed by atoms with Gasteiger partial charge in [-0.15, -0.1) is 0 Å². The summed E-state index contributed by atoms with van der Waals surface area (Å²) in [6, 6.07) is 8.74. The molecule has 0 N–H and O–H groups in total. The van der Waals surface area contributed by atoms with Crippen molar-refractivity contribution in [2.75, 3.05) is 7.11 Å². The van der Waals surface area contributed by atoms with Crippen LogP contribution in [0.4, 0.5) is 0 Å². The molecule has 21 heavy (non-hydrogen) atoms. The van der Waals surface area contributed by atoms with Crippen LogP contribution in [0.1, 0.15) is 27.4 Å². The Labute approximate surface area is 130 Å². The van der Waals surface area contributed by atoms with Gasteiger partial charge in [0.1, 0.15) is 6.07 Å². The summed E-state index contributed by atoms with van der Waals surface area (Å²) < 4.78 is 5.42. The van der Waals surface area contributed by atoms with Crippen LogP contribution in [0.5, 0.6) is 0 Å². The normalized spacial score (nSPS) is 10.3. The molecule has 0 aliphatic heterocycles. The van der Waals surface area contributed by atoms with Gasteiger partial charge < -0.3 is 4.74 Å². The number of ether oxygens (including phenoxy) is 1. The molecule has 0 aliphatic carbocycles. The van der Waals surface area contributed by atoms with E-state index in [9.17, 15) is 4.79 Å². The van der Waals surface area contributed by atoms with Gasteiger partial charge in [-0.2, -0.15) is 5.26 Å². The highest BCUT2D eigenvalue weighted by Crippen LogP contribution is 2.21. The average Bonchev–Trinajstić information content (AvgIpc) is 2.53. The van der Waals surface area contributed by atoms with Gasteiger partial charge >= 0.3 is 5.97 Å². The fourth-order valence-corrected chi connectivity index (χ4v) is 2.11. The Kier molecular flexibility index (Phi) is 4.80. The van der Waals surface area contributed by atoms with Crippen molar-refractivity contribution in [2.24, 2.45) is 0 Å². The third-order valence-electron chi connectivity index (χ3n) is 2.63. The summed E-state index contributed by atoms with van der Waals surface area (Å²) in [5.41, 5.74) is 1.97. The Balaban J connectivity index is 2.25. The monoisotopic (exact) mass is 343 g/mol. The zero-order valence-electron chi connectivity index (χ0n) is 11.1. The van der Waals surface area contributed by atoms with Gasteiger partial charge in [0.2, 0.25) is 5.82 Å². The summed E-state index contributed by atoms with van der Waals surface area (Å²) in [5, 5.41) is 8.75. The molecule has 1 heterocycles. The van der Waals surface area contributed by atoms with Crippen LogP contribution in [0, 0.1) is 11.3 Å². The minimum Gasteiger partial charge on any atom is -0.465 e. The molecule has 0 bridgehead atoms. The molecule has 1 aromatic heterocycles. The lowest BCUT2D eigenvalue weighted by Crippen LogP contribution is -2.00. The molecule has 1 aromatic carbocycles. The number of methoxy groups -OCH3 is 1. The number of hydrogen-bond donors (Lipinski definition) is 0. The van der Waals surface area contributed by atoms with Gasteiger partial charge in [-0.25, -0.2) is 14.8 Å². The number of halogens is 1. The number of hydrogen-bond acceptors (Lipinski definition) is 5. The molecule has 6 heteroatoms. The molecular weight excluding hydrogens is 334 g/mol. The van der Waals surface area contributed by atoms with Crippen LogP contribution >= 0.6 is 15.9 Å². The van der Waals surface area contributed by atoms with E-state index in [1.807, 2.05) is 12.1 Å². The van der Waals surface area contributed by atoms with Crippen molar-refractivity contribution in [1.29, 1.82) is 5.26 Å². The predicted molar refractivity (Wildman–Crippen MR) is 81.2 cm³/mol. The molecule has 2 aromatic rings. The molecule has 0 aliphatic rings. The zero-order chi connectivity index (χ0) is 15.2. The van der Waals surface area contributed by atoms with Crippen LogP contribution in [-0.4, -0.2) is 23.0 Å². The van der Waals surface area contributed by atoms with Gasteiger partial charge in [0.25, 0.3) is 0 Å². The van der Waals surface area contributed by atoms with E-state index in [1.165, 1.54) is 13.3 Å². The Hall–Kier alpha value is -2.52. The predicted octanol–water partition coefficient (Wildman–Crippen LogP) is 3.07. The number of esters is 1. The lowest BCUT2D eigenvalue weighted by atomic mass is 10.1. The highest BCUT2D eigenvalue weighted by molar-refractivity contribution is 9.10. The van der Waals surface area contributed by atoms with E-state index in [1.54, 1.807) is 30.3 Å². The van der Waals surface area contributed by atoms with E-state index < -0.39 is 0 Å². The van der Waals surface area contributed by atoms with Crippen LogP contribution in [0.15, 0.2) is 34.9 Å². The largest absolute Gasteiger partial charge is 0.465 e. The van der Waals surface area contributed by atoms with Crippen molar-refractivity contribution in [2.45, 2.75) is 0 Å². The number of nitriles is 1. The fourth-order valence-electron chi connectivity index (χ4n) is 1.60. The zero-order valence-corrected chi connectivity index (χ0v) is 12.7. The van der Waals surface area contributed by atoms with Gasteiger partial charge in [0.15, 0.2) is 0 Å². The first-order valence-electron chi connectivity index (χ1n) is 5.93. The lowest BCUT2D eigenvalue weighted by molar-refractivity contribution is 0.0600. The van der Waals surface area contributed by atoms with Crippen LogP contribution in [0.2, 0.25) is 0 Å². The molecule has 0 radical (unpaired) electrons. The Morgan fingerprint density at radius 3 is 2.86 bits per heavy atom. The van der Waals surface area contributed by atoms with E-state index in [4.69, 9.17) is 5.26 Å². The standard InChI is InChI=1S/C15H10BrN3O2/c1-21-15(20)11-3-2-10(13(16)8-11)4-5-12-6-7-18-14(9-17)19-12/h2-8H,1H3. The molecule has 0 saturated carbocycles. The molecule has 2 rings (SSSR count). The highest BCUT2D eigenvalue weighted by atomic mass is 79.9. The summed E-state index contributed by atoms with van der Waals surface area (Å²) in [4.78, 5) is 19.3. The topological polar surface area (TPSA) is 75.9 Å². The SMILES string of the molecule is COC(=O)c1ccc(C=Cc2ccnc(C#N)n2)c(Br)c1. The van der Waals surface area contributed by atoms with Gasteiger partial charge in [-0.1, -0.05) is 28.1 Å². The van der Waals surface area contributed by atoms with E-state index in [0.29, 0.717) is 11.3 Å². The second kappa shape index (κ2) is 6.77. The molecular formula is C15H10BrN3O2. The van der Waals surface area contributed by atoms with Crippen molar-refractivity contribution in [1.82, 2.24) is 9.97 Å². The van der Waals surface area contributed by atoms with Crippen molar-refractivity contribution in [3.63, 3.8) is 0 Å². The maximum Gasteiger partial charge on any atom is 0.337 e. The molecule has 5 nitrogen and oxygen atoms in total. The quantitative estimate of drug-likeness (QED) is 0.800. The van der Waals surface area contributed by atoms with Gasteiger partial charge in [-0.05, 0) is 29.8 Å². The number of rotatable bonds is 3. The lowest BCUT2D eigenvalue weighted by Gasteiger charge is -2.03. The van der Waals surface area contributed by atoms with Crippen LogP contribution < -0.4 is 0 Å². The van der Waals surface area contributed by atoms with Crippen LogP contribution in [0.3, 0.4) is 0 Å². The first kappa shape index (κ1) is 14.9. The minimum absolute atomic E-state index is 0.122. The Morgan fingerprint density at radius 2 is 2.19 bits per heavy atom. The van der Waals surface area contributed by atoms with Crippen molar-refractivity contribution in [3.05, 3.63) is 57.6 Å². The van der Waals surface area contributed by atoms with Crippen LogP contribution in [0.25, 0.3) is 12.2 Å². The summed E-state index contributed by atoms with van der Waals surface area (Å²) in [6.07, 6.45) is 5.12. The smallest absolute Gasteiger partial charge is 0.337 e. The summed E-state index contributed by atoms with van der Waals surface area (Å²) >= 11 is 3.40. The molecule has 0 fully saturated rings. The van der Waals surface area contributed by atoms with E-state index in [0.717, 1.165) is 10.0 Å². The summed E-state index contributed by atoms with van der Waals surface area (Å²) in [5.74, 6) is -0.266. The number of aromatic nitrogens is 2. The first-order chi connectivity index (χ1) is 10.1. The molecule has 104 valence electrons. The first-order valence-corrected chi connectivity index (χ1v) is 6.72. The molecule has 0 amide bonds. The third-order valence-corrected chi connectivity index (χ3v) is 3.32. The average molecular weight is 344 g/mol. The van der Waals surface area contributed by atoms with Crippen molar-refractivity contribution < 1.29 is 9.53 Å². The molecule has 0 unspecified atom stereocenters. The number of carbonyl (C=O) groups is 1. The fraction of sp³-hybridized carbons (Fsp3) is 0.0667. The third kappa shape index (κ3) is 3.74. The van der Waals surface area contributed by atoms with Crippen molar-refractivity contribution >= 4 is 34.1 Å². The number of nitrogens with zero attached hydrogens (tertiary/aromatic N) is 3. The highest BCUT2D eigenvalue weighted by Gasteiger charge is 2.07. The van der Waals surface area contributed by atoms with Gasteiger partial charge in [-0.3, -0.25) is 0 Å². The summed E-state index contributed by atoms with van der Waals surface area (Å²) in [7, 11) is 1.34. The number of carbonyl (C=O) groups excluding carboxylic acids is 1. The molecule has 0 spiro atoms. The maximum absolute atomic E-state index is 11.4. The number of benzene rings is 1. The minimum atomic E-state index is -0.388. The second-order valence-corrected chi connectivity index (χ2v) is 4.83. The summed E-state index contributed by atoms with van der Waals surface area (Å²) in [6.45, 7) is 0. The Bertz CT molecular complexity index is 751. The molecule has 0 saturated heterocycles. The van der Waals surface area contributed by atoms with Crippen molar-refractivity contribution in [3.8, 4) is 6.07 Å². The maximum atomic E-state index is 11.4. The van der Waals surface area contributed by atoms with E-state index in [-0.39, 0.29) is 11.8 Å². The molecule has 0 atom stereocenters. The van der Waals surface area contributed by atoms with E-state index in [2.05, 4.69) is 30.6 Å². The van der Waals surface area contributed by atoms with Gasteiger partial charge in [0, 0.05) is 10.7 Å². The second-order valence-electron chi connectivity index (χ2n) is 3.98. The van der Waals surface area contributed by atoms with Gasteiger partial charge in [0.05, 0.1) is 18.4 Å². The van der Waals surface area contributed by atoms with E-state index >= 15 is 0 Å². The Morgan fingerprint density at radius 1 is 1.38 bits per heavy atom.